The number of ketones is 1. The Kier molecular flexibility index (Phi) is 9.01. The van der Waals surface area contributed by atoms with Crippen LogP contribution in [0, 0.1) is 0 Å². The van der Waals surface area contributed by atoms with Crippen LogP contribution in [0.5, 0.6) is 0 Å². The molecule has 0 saturated carbocycles. The number of hydrogen-bond donors (Lipinski definition) is 1. The van der Waals surface area contributed by atoms with Crippen molar-refractivity contribution in [2.75, 3.05) is 6.61 Å². The van der Waals surface area contributed by atoms with Gasteiger partial charge in [0.1, 0.15) is 12.7 Å². The van der Waals surface area contributed by atoms with E-state index in [-0.39, 0.29) is 23.0 Å². The summed E-state index contributed by atoms with van der Waals surface area (Å²) >= 11 is 0. The molecule has 0 bridgehead atoms. The maximum atomic E-state index is 13.5. The highest BCUT2D eigenvalue weighted by atomic mass is 16.6. The van der Waals surface area contributed by atoms with E-state index >= 15 is 0 Å². The van der Waals surface area contributed by atoms with Crippen LogP contribution in [-0.2, 0) is 23.8 Å². The average molecular weight is 504 g/mol. The first-order valence-corrected chi connectivity index (χ1v) is 11.2. The minimum Gasteiger partial charge on any atom is -0.459 e. The Balaban J connectivity index is 2.01. The molecule has 3 atom stereocenters. The summed E-state index contributed by atoms with van der Waals surface area (Å²) in [5.41, 5.74) is -2.62. The summed E-state index contributed by atoms with van der Waals surface area (Å²) in [6.07, 6.45) is -4.02. The second kappa shape index (κ2) is 12.4. The first-order valence-electron chi connectivity index (χ1n) is 11.2. The van der Waals surface area contributed by atoms with Crippen molar-refractivity contribution in [3.63, 3.8) is 0 Å². The van der Waals surface area contributed by atoms with Gasteiger partial charge in [0.2, 0.25) is 5.78 Å². The van der Waals surface area contributed by atoms with Gasteiger partial charge in [-0.05, 0) is 24.3 Å². The molecule has 0 aliphatic carbocycles. The van der Waals surface area contributed by atoms with Gasteiger partial charge in [-0.2, -0.15) is 0 Å². The molecule has 0 fully saturated rings. The molecular weight excluding hydrogens is 480 g/mol. The van der Waals surface area contributed by atoms with Crippen LogP contribution in [-0.4, -0.2) is 59.5 Å². The number of Topliss-reactive ketones (excluding diaryl/α,β-unsaturated/α-hetero) is 1. The minimum absolute atomic E-state index is 0.00505. The van der Waals surface area contributed by atoms with E-state index in [2.05, 4.69) is 0 Å². The Morgan fingerprint density at radius 3 is 1.70 bits per heavy atom. The number of rotatable bonds is 11. The maximum absolute atomic E-state index is 13.5. The molecule has 9 nitrogen and oxygen atoms in total. The lowest BCUT2D eigenvalue weighted by molar-refractivity contribution is -0.175. The second-order valence-electron chi connectivity index (χ2n) is 7.92. The molecule has 0 radical (unpaired) electrons. The zero-order valence-electron chi connectivity index (χ0n) is 19.8. The van der Waals surface area contributed by atoms with Crippen molar-refractivity contribution < 1.29 is 43.3 Å². The summed E-state index contributed by atoms with van der Waals surface area (Å²) in [6, 6.07) is 22.8. The van der Waals surface area contributed by atoms with Crippen molar-refractivity contribution >= 4 is 30.0 Å². The quantitative estimate of drug-likeness (QED) is 0.138. The Morgan fingerprint density at radius 2 is 1.24 bits per heavy atom. The number of aldehydes is 1. The molecule has 0 aromatic heterocycles. The summed E-state index contributed by atoms with van der Waals surface area (Å²) in [6.45, 7) is 0.161. The van der Waals surface area contributed by atoms with E-state index in [1.54, 1.807) is 42.5 Å². The maximum Gasteiger partial charge on any atom is 0.338 e. The van der Waals surface area contributed by atoms with E-state index in [0.717, 1.165) is 6.92 Å². The molecule has 0 unspecified atom stereocenters. The molecule has 0 aliphatic rings. The fourth-order valence-corrected chi connectivity index (χ4v) is 3.55. The lowest BCUT2D eigenvalue weighted by Crippen LogP contribution is -2.61. The molecule has 3 aromatic carbocycles. The van der Waals surface area contributed by atoms with Crippen LogP contribution in [0.15, 0.2) is 91.0 Å². The third-order valence-electron chi connectivity index (χ3n) is 5.29. The number of aliphatic hydroxyl groups excluding tert-OH is 1. The standard InChI is InChI=1S/C28H24O9/c1-19(30)37-28(18-29,24(32)20-11-5-2-6-12-20)25(36-27(34)22-15-9-4-10-16-22)23(31)17-35-26(33)21-13-7-3-8-14-21/h2-16,18,23,25,31H,17H2,1H3/t23-,25+,28-/m1/s1. The monoisotopic (exact) mass is 504 g/mol. The third-order valence-corrected chi connectivity index (χ3v) is 5.29. The van der Waals surface area contributed by atoms with E-state index < -0.39 is 48.1 Å². The molecule has 37 heavy (non-hydrogen) atoms. The Hall–Kier alpha value is -4.63. The van der Waals surface area contributed by atoms with Crippen molar-refractivity contribution in [2.45, 2.75) is 24.7 Å². The topological polar surface area (TPSA) is 133 Å². The minimum atomic E-state index is -2.78. The van der Waals surface area contributed by atoms with Crippen LogP contribution in [0.2, 0.25) is 0 Å². The van der Waals surface area contributed by atoms with Gasteiger partial charge >= 0.3 is 17.9 Å². The molecule has 0 spiro atoms. The zero-order valence-corrected chi connectivity index (χ0v) is 19.8. The van der Waals surface area contributed by atoms with Crippen molar-refractivity contribution in [1.82, 2.24) is 0 Å². The first-order chi connectivity index (χ1) is 17.8. The highest BCUT2D eigenvalue weighted by Gasteiger charge is 2.55. The number of benzene rings is 3. The molecule has 1 N–H and O–H groups in total. The highest BCUT2D eigenvalue weighted by Crippen LogP contribution is 2.27. The van der Waals surface area contributed by atoms with Gasteiger partial charge in [-0.25, -0.2) is 9.59 Å². The normalized spacial score (nSPS) is 13.8. The van der Waals surface area contributed by atoms with Crippen LogP contribution in [0.25, 0.3) is 0 Å². The van der Waals surface area contributed by atoms with Crippen molar-refractivity contribution in [1.29, 1.82) is 0 Å². The fourth-order valence-electron chi connectivity index (χ4n) is 3.55. The van der Waals surface area contributed by atoms with E-state index in [9.17, 15) is 29.1 Å². The van der Waals surface area contributed by atoms with Crippen LogP contribution in [0.4, 0.5) is 0 Å². The molecule has 9 heteroatoms. The SMILES string of the molecule is CC(=O)O[C@](C=O)(C(=O)c1ccccc1)[C@@H](OC(=O)c1ccccc1)[C@H](O)COC(=O)c1ccccc1. The van der Waals surface area contributed by atoms with Crippen LogP contribution < -0.4 is 0 Å². The Bertz CT molecular complexity index is 1240. The highest BCUT2D eigenvalue weighted by molar-refractivity contribution is 6.13. The molecule has 0 aliphatic heterocycles. The summed E-state index contributed by atoms with van der Waals surface area (Å²) in [5.74, 6) is -3.92. The predicted octanol–water partition coefficient (Wildman–Crippen LogP) is 2.81. The van der Waals surface area contributed by atoms with Gasteiger partial charge in [0.15, 0.2) is 12.4 Å². The molecule has 0 saturated heterocycles. The van der Waals surface area contributed by atoms with E-state index in [4.69, 9.17) is 14.2 Å². The van der Waals surface area contributed by atoms with Crippen LogP contribution in [0.1, 0.15) is 38.0 Å². The zero-order chi connectivity index (χ0) is 26.8. The molecular formula is C28H24O9. The van der Waals surface area contributed by atoms with Crippen molar-refractivity contribution in [3.8, 4) is 0 Å². The molecule has 3 aromatic rings. The second-order valence-corrected chi connectivity index (χ2v) is 7.92. The van der Waals surface area contributed by atoms with Crippen LogP contribution in [0.3, 0.4) is 0 Å². The lowest BCUT2D eigenvalue weighted by Gasteiger charge is -2.36. The first kappa shape index (κ1) is 27.0. The fraction of sp³-hybridized carbons (Fsp3) is 0.179. The van der Waals surface area contributed by atoms with Gasteiger partial charge in [0, 0.05) is 12.5 Å². The van der Waals surface area contributed by atoms with E-state index in [1.165, 1.54) is 48.5 Å². The van der Waals surface area contributed by atoms with Gasteiger partial charge in [-0.3, -0.25) is 14.4 Å². The van der Waals surface area contributed by atoms with Gasteiger partial charge in [0.25, 0.3) is 5.60 Å². The number of ether oxygens (including phenoxy) is 3. The smallest absolute Gasteiger partial charge is 0.338 e. The largest absolute Gasteiger partial charge is 0.459 e. The summed E-state index contributed by atoms with van der Waals surface area (Å²) in [7, 11) is 0. The Morgan fingerprint density at radius 1 is 0.784 bits per heavy atom. The van der Waals surface area contributed by atoms with Gasteiger partial charge in [0.05, 0.1) is 11.1 Å². The summed E-state index contributed by atoms with van der Waals surface area (Å²) in [4.78, 5) is 63.4. The van der Waals surface area contributed by atoms with Crippen molar-refractivity contribution in [3.05, 3.63) is 108 Å². The molecule has 0 heterocycles. The Labute approximate surface area is 212 Å². The molecule has 190 valence electrons. The average Bonchev–Trinajstić information content (AvgIpc) is 2.94. The summed E-state index contributed by atoms with van der Waals surface area (Å²) < 4.78 is 15.7. The van der Waals surface area contributed by atoms with Gasteiger partial charge in [-0.15, -0.1) is 0 Å². The predicted molar refractivity (Wildman–Crippen MR) is 130 cm³/mol. The van der Waals surface area contributed by atoms with Gasteiger partial charge in [-0.1, -0.05) is 66.7 Å². The molecule has 0 amide bonds. The number of aliphatic hydroxyl groups is 1. The lowest BCUT2D eigenvalue weighted by atomic mass is 9.85. The van der Waals surface area contributed by atoms with E-state index in [1.807, 2.05) is 0 Å². The third kappa shape index (κ3) is 6.53. The summed E-state index contributed by atoms with van der Waals surface area (Å²) in [5, 5.41) is 11.0. The molecule has 3 rings (SSSR count). The van der Waals surface area contributed by atoms with E-state index in [0.29, 0.717) is 0 Å². The number of esters is 3. The number of carbonyl (C=O) groups is 5. The van der Waals surface area contributed by atoms with Crippen molar-refractivity contribution in [2.24, 2.45) is 0 Å². The number of hydrogen-bond acceptors (Lipinski definition) is 9. The van der Waals surface area contributed by atoms with Crippen LogP contribution >= 0.6 is 0 Å². The van der Waals surface area contributed by atoms with Gasteiger partial charge < -0.3 is 19.3 Å². The number of carbonyl (C=O) groups excluding carboxylic acids is 5.